The van der Waals surface area contributed by atoms with E-state index in [9.17, 15) is 18.9 Å². The lowest BCUT2D eigenvalue weighted by atomic mass is 9.85. The molecule has 1 aliphatic rings. The predicted molar refractivity (Wildman–Crippen MR) is 101 cm³/mol. The first-order valence-corrected chi connectivity index (χ1v) is 10.5. The molecule has 1 rings (SSSR count). The van der Waals surface area contributed by atoms with E-state index in [0.29, 0.717) is 13.0 Å². The van der Waals surface area contributed by atoms with Crippen LogP contribution in [0, 0.1) is 10.8 Å². The maximum atomic E-state index is 12.7. The van der Waals surface area contributed by atoms with Gasteiger partial charge in [-0.25, -0.2) is 4.57 Å². The first kappa shape index (κ1) is 24.7. The standard InChI is InChI=1S/C17H31N2O8P/c1-16(2,3)15(23)19-11-26-28(24)25-10-17(4,5)14(27-28)12(20)9-18-8-6-7-13(21)22/h14,18H,6-11H2,1-5H3,(H,19,23)(H,21,22)/t14-,28?/m0/s1. The zero-order valence-corrected chi connectivity index (χ0v) is 18.0. The quantitative estimate of drug-likeness (QED) is 0.272. The van der Waals surface area contributed by atoms with Crippen molar-refractivity contribution >= 4 is 25.5 Å². The molecule has 28 heavy (non-hydrogen) atoms. The van der Waals surface area contributed by atoms with E-state index in [2.05, 4.69) is 10.6 Å². The fraction of sp³-hybridized carbons (Fsp3) is 0.824. The summed E-state index contributed by atoms with van der Waals surface area (Å²) in [5.74, 6) is -1.54. The first-order chi connectivity index (χ1) is 12.8. The lowest BCUT2D eigenvalue weighted by Gasteiger charge is -2.39. The minimum atomic E-state index is -4.01. The molecule has 11 heteroatoms. The van der Waals surface area contributed by atoms with Gasteiger partial charge >= 0.3 is 13.8 Å². The van der Waals surface area contributed by atoms with E-state index in [4.69, 9.17) is 18.7 Å². The molecule has 1 amide bonds. The van der Waals surface area contributed by atoms with Crippen molar-refractivity contribution in [1.82, 2.24) is 10.6 Å². The molecule has 0 spiro atoms. The Bertz CT molecular complexity index is 629. The zero-order valence-electron chi connectivity index (χ0n) is 17.1. The highest BCUT2D eigenvalue weighted by Crippen LogP contribution is 2.57. The van der Waals surface area contributed by atoms with Crippen molar-refractivity contribution in [3.8, 4) is 0 Å². The van der Waals surface area contributed by atoms with E-state index >= 15 is 0 Å². The van der Waals surface area contributed by atoms with Gasteiger partial charge in [0.25, 0.3) is 0 Å². The van der Waals surface area contributed by atoms with Gasteiger partial charge in [-0.2, -0.15) is 0 Å². The number of carbonyl (C=O) groups excluding carboxylic acids is 2. The van der Waals surface area contributed by atoms with E-state index in [1.807, 2.05) is 0 Å². The van der Waals surface area contributed by atoms with E-state index in [1.165, 1.54) is 0 Å². The maximum Gasteiger partial charge on any atom is 0.477 e. The van der Waals surface area contributed by atoms with E-state index in [0.717, 1.165) is 0 Å². The molecule has 2 atom stereocenters. The number of aliphatic carboxylic acids is 1. The molecule has 1 unspecified atom stereocenters. The fourth-order valence-electron chi connectivity index (χ4n) is 2.30. The number of carboxylic acids is 1. The Hall–Kier alpha value is -1.32. The maximum absolute atomic E-state index is 12.7. The van der Waals surface area contributed by atoms with Crippen LogP contribution in [0.4, 0.5) is 0 Å². The van der Waals surface area contributed by atoms with Gasteiger partial charge in [0, 0.05) is 17.3 Å². The summed E-state index contributed by atoms with van der Waals surface area (Å²) in [6.45, 7) is 8.55. The van der Waals surface area contributed by atoms with Crippen LogP contribution < -0.4 is 10.6 Å². The molecular formula is C17H31N2O8P. The van der Waals surface area contributed by atoms with E-state index in [1.54, 1.807) is 34.6 Å². The van der Waals surface area contributed by atoms with Crippen molar-refractivity contribution in [3.05, 3.63) is 0 Å². The molecule has 0 radical (unpaired) electrons. The second-order valence-corrected chi connectivity index (χ2v) is 9.99. The molecule has 162 valence electrons. The summed E-state index contributed by atoms with van der Waals surface area (Å²) in [4.78, 5) is 34.8. The molecule has 0 aromatic heterocycles. The lowest BCUT2D eigenvalue weighted by molar-refractivity contribution is -0.139. The minimum Gasteiger partial charge on any atom is -0.481 e. The Morgan fingerprint density at radius 2 is 1.93 bits per heavy atom. The molecule has 1 heterocycles. The first-order valence-electron chi connectivity index (χ1n) is 9.08. The largest absolute Gasteiger partial charge is 0.481 e. The Balaban J connectivity index is 2.58. The van der Waals surface area contributed by atoms with Gasteiger partial charge < -0.3 is 15.7 Å². The van der Waals surface area contributed by atoms with Crippen molar-refractivity contribution in [2.45, 2.75) is 53.6 Å². The highest BCUT2D eigenvalue weighted by atomic mass is 31.2. The summed E-state index contributed by atoms with van der Waals surface area (Å²) >= 11 is 0. The normalized spacial score (nSPS) is 24.5. The number of phosphoric ester groups is 1. The number of ketones is 1. The smallest absolute Gasteiger partial charge is 0.477 e. The number of rotatable bonds is 10. The van der Waals surface area contributed by atoms with Crippen molar-refractivity contribution in [2.75, 3.05) is 26.4 Å². The number of carbonyl (C=O) groups is 3. The molecule has 3 N–H and O–H groups in total. The number of phosphoric acid groups is 1. The van der Waals surface area contributed by atoms with Gasteiger partial charge in [0.15, 0.2) is 5.78 Å². The Morgan fingerprint density at radius 3 is 2.50 bits per heavy atom. The average Bonchev–Trinajstić information content (AvgIpc) is 2.55. The van der Waals surface area contributed by atoms with Crippen LogP contribution in [0.25, 0.3) is 0 Å². The highest BCUT2D eigenvalue weighted by Gasteiger charge is 2.48. The molecule has 10 nitrogen and oxygen atoms in total. The summed E-state index contributed by atoms with van der Waals surface area (Å²) in [7, 11) is -4.01. The molecular weight excluding hydrogens is 391 g/mol. The number of amides is 1. The molecule has 0 aromatic carbocycles. The third-order valence-electron chi connectivity index (χ3n) is 4.01. The molecule has 1 aliphatic heterocycles. The summed E-state index contributed by atoms with van der Waals surface area (Å²) in [5.41, 5.74) is -1.37. The van der Waals surface area contributed by atoms with Crippen LogP contribution in [-0.2, 0) is 32.5 Å². The highest BCUT2D eigenvalue weighted by molar-refractivity contribution is 7.48. The molecule has 1 saturated heterocycles. The van der Waals surface area contributed by atoms with Crippen LogP contribution in [-0.4, -0.2) is 55.3 Å². The topological polar surface area (TPSA) is 140 Å². The average molecular weight is 422 g/mol. The second kappa shape index (κ2) is 9.93. The van der Waals surface area contributed by atoms with Crippen LogP contribution in [0.3, 0.4) is 0 Å². The van der Waals surface area contributed by atoms with Crippen LogP contribution in [0.2, 0.25) is 0 Å². The van der Waals surface area contributed by atoms with Gasteiger partial charge in [-0.15, -0.1) is 0 Å². The third kappa shape index (κ3) is 7.97. The third-order valence-corrected chi connectivity index (χ3v) is 5.37. The van der Waals surface area contributed by atoms with Crippen LogP contribution in [0.5, 0.6) is 0 Å². The number of carboxylic acid groups (broad SMARTS) is 1. The Kier molecular flexibility index (Phi) is 8.77. The molecule has 0 aliphatic carbocycles. The molecule has 0 saturated carbocycles. The molecule has 0 aromatic rings. The number of hydrogen-bond acceptors (Lipinski definition) is 8. The van der Waals surface area contributed by atoms with Crippen LogP contribution >= 0.6 is 7.82 Å². The van der Waals surface area contributed by atoms with Gasteiger partial charge in [0.05, 0.1) is 13.2 Å². The van der Waals surface area contributed by atoms with Crippen molar-refractivity contribution in [1.29, 1.82) is 0 Å². The monoisotopic (exact) mass is 422 g/mol. The predicted octanol–water partition coefficient (Wildman–Crippen LogP) is 1.70. The van der Waals surface area contributed by atoms with Gasteiger partial charge in [0.2, 0.25) is 5.91 Å². The van der Waals surface area contributed by atoms with Crippen molar-refractivity contribution in [2.24, 2.45) is 10.8 Å². The summed E-state index contributed by atoms with van der Waals surface area (Å²) < 4.78 is 28.4. The zero-order chi connectivity index (χ0) is 21.6. The van der Waals surface area contributed by atoms with E-state index in [-0.39, 0.29) is 38.0 Å². The fourth-order valence-corrected chi connectivity index (χ4v) is 3.87. The number of Topliss-reactive ketones (excluding diaryl/α,β-unsaturated/α-hetero) is 1. The van der Waals surface area contributed by atoms with Gasteiger partial charge in [-0.3, -0.25) is 28.0 Å². The van der Waals surface area contributed by atoms with Gasteiger partial charge in [-0.05, 0) is 13.0 Å². The number of nitrogens with one attached hydrogen (secondary N) is 2. The minimum absolute atomic E-state index is 0.00375. The Labute approximate surface area is 165 Å². The lowest BCUT2D eigenvalue weighted by Crippen LogP contribution is -2.48. The molecule has 1 fully saturated rings. The van der Waals surface area contributed by atoms with Crippen molar-refractivity contribution < 1.29 is 37.6 Å². The van der Waals surface area contributed by atoms with Crippen LogP contribution in [0.1, 0.15) is 47.5 Å². The summed E-state index contributed by atoms with van der Waals surface area (Å²) in [5, 5.41) is 13.9. The SMILES string of the molecule is CC(C)(C)C(=O)NCOP1(=O)OCC(C)(C)[C@H](C(=O)CNCCCC(=O)O)O1. The summed E-state index contributed by atoms with van der Waals surface area (Å²) in [6.07, 6.45) is -0.642. The van der Waals surface area contributed by atoms with Gasteiger partial charge in [-0.1, -0.05) is 34.6 Å². The van der Waals surface area contributed by atoms with Crippen LogP contribution in [0.15, 0.2) is 0 Å². The van der Waals surface area contributed by atoms with Gasteiger partial charge in [0.1, 0.15) is 12.8 Å². The Morgan fingerprint density at radius 1 is 1.29 bits per heavy atom. The van der Waals surface area contributed by atoms with Crippen molar-refractivity contribution in [3.63, 3.8) is 0 Å². The summed E-state index contributed by atoms with van der Waals surface area (Å²) in [6, 6.07) is 0. The second-order valence-electron chi connectivity index (χ2n) is 8.36. The number of hydrogen-bond donors (Lipinski definition) is 3. The molecule has 0 bridgehead atoms. The van der Waals surface area contributed by atoms with E-state index < -0.39 is 30.7 Å².